The van der Waals surface area contributed by atoms with Crippen LogP contribution in [-0.2, 0) is 9.47 Å². The van der Waals surface area contributed by atoms with Crippen molar-refractivity contribution in [2.75, 3.05) is 36.6 Å². The van der Waals surface area contributed by atoms with Gasteiger partial charge in [-0.05, 0) is 30.7 Å². The second kappa shape index (κ2) is 12.9. The number of carbonyl (C=O) groups excluding carboxylic acids is 2. The molecule has 0 saturated carbocycles. The number of hydrogen-bond donors (Lipinski definition) is 1. The first kappa shape index (κ1) is 22.8. The Hall–Kier alpha value is -3.50. The first-order valence-corrected chi connectivity index (χ1v) is 9.73. The number of para-hydroxylation sites is 1. The fraction of sp³-hybridized carbons (Fsp3) is 0.304. The largest absolute Gasteiger partial charge is 0.436 e. The first-order valence-electron chi connectivity index (χ1n) is 9.73. The van der Waals surface area contributed by atoms with Gasteiger partial charge in [-0.25, -0.2) is 9.59 Å². The summed E-state index contributed by atoms with van der Waals surface area (Å²) in [7, 11) is 0. The Labute approximate surface area is 176 Å². The van der Waals surface area contributed by atoms with Gasteiger partial charge in [-0.15, -0.1) is 6.42 Å². The number of unbranched alkanes of at least 4 members (excludes halogenated alkanes) is 1. The van der Waals surface area contributed by atoms with Crippen LogP contribution in [0.15, 0.2) is 54.6 Å². The molecule has 0 atom stereocenters. The number of hydrogen-bond acceptors (Lipinski definition) is 5. The van der Waals surface area contributed by atoms with Crippen LogP contribution in [0.3, 0.4) is 0 Å². The van der Waals surface area contributed by atoms with Crippen LogP contribution in [0.2, 0.25) is 0 Å². The Bertz CT molecular complexity index is 848. The Morgan fingerprint density at radius 1 is 1.10 bits per heavy atom. The van der Waals surface area contributed by atoms with Crippen LogP contribution in [0.4, 0.5) is 21.0 Å². The molecule has 30 heavy (non-hydrogen) atoms. The van der Waals surface area contributed by atoms with Crippen LogP contribution < -0.4 is 15.0 Å². The average molecular weight is 410 g/mol. The van der Waals surface area contributed by atoms with E-state index in [4.69, 9.17) is 20.6 Å². The molecular formula is C23H26N2O5. The molecule has 2 aromatic rings. The molecule has 1 N–H and O–H groups in total. The Morgan fingerprint density at radius 3 is 2.63 bits per heavy atom. The van der Waals surface area contributed by atoms with Crippen molar-refractivity contribution in [1.29, 1.82) is 0 Å². The lowest BCUT2D eigenvalue weighted by atomic mass is 10.3. The van der Waals surface area contributed by atoms with E-state index in [-0.39, 0.29) is 12.4 Å². The van der Waals surface area contributed by atoms with Crippen LogP contribution in [0.5, 0.6) is 5.75 Å². The van der Waals surface area contributed by atoms with Gasteiger partial charge in [0.05, 0.1) is 13.2 Å². The lowest BCUT2D eigenvalue weighted by Gasteiger charge is -2.22. The van der Waals surface area contributed by atoms with Crippen molar-refractivity contribution >= 4 is 23.6 Å². The highest BCUT2D eigenvalue weighted by Gasteiger charge is 2.18. The van der Waals surface area contributed by atoms with Crippen molar-refractivity contribution in [3.8, 4) is 18.1 Å². The summed E-state index contributed by atoms with van der Waals surface area (Å²) < 4.78 is 15.9. The van der Waals surface area contributed by atoms with Gasteiger partial charge in [0, 0.05) is 24.0 Å². The molecule has 0 aliphatic heterocycles. The average Bonchev–Trinajstić information content (AvgIpc) is 2.75. The summed E-state index contributed by atoms with van der Waals surface area (Å²) in [5, 5.41) is 2.52. The van der Waals surface area contributed by atoms with E-state index < -0.39 is 12.2 Å². The third-order valence-electron chi connectivity index (χ3n) is 3.96. The molecule has 0 bridgehead atoms. The number of nitrogens with one attached hydrogen (secondary N) is 1. The number of carbonyl (C=O) groups is 2. The van der Waals surface area contributed by atoms with Crippen molar-refractivity contribution in [1.82, 2.24) is 0 Å². The Balaban J connectivity index is 2.03. The molecule has 7 nitrogen and oxygen atoms in total. The summed E-state index contributed by atoms with van der Waals surface area (Å²) in [6.07, 6.45) is 5.84. The van der Waals surface area contributed by atoms with E-state index in [0.29, 0.717) is 31.1 Å². The zero-order chi connectivity index (χ0) is 21.6. The molecule has 0 aliphatic rings. The van der Waals surface area contributed by atoms with Crippen molar-refractivity contribution in [2.45, 2.75) is 19.8 Å². The van der Waals surface area contributed by atoms with Gasteiger partial charge in [-0.1, -0.05) is 43.5 Å². The highest BCUT2D eigenvalue weighted by molar-refractivity contribution is 5.89. The first-order chi connectivity index (χ1) is 14.6. The molecule has 2 amide bonds. The van der Waals surface area contributed by atoms with E-state index in [1.165, 1.54) is 11.0 Å². The summed E-state index contributed by atoms with van der Waals surface area (Å²) >= 11 is 0. The maximum Gasteiger partial charge on any atom is 0.419 e. The van der Waals surface area contributed by atoms with Gasteiger partial charge in [-0.3, -0.25) is 10.2 Å². The normalized spacial score (nSPS) is 10.0. The number of anilines is 2. The van der Waals surface area contributed by atoms with Crippen molar-refractivity contribution in [3.63, 3.8) is 0 Å². The fourth-order valence-electron chi connectivity index (χ4n) is 2.49. The Kier molecular flexibility index (Phi) is 9.77. The molecular weight excluding hydrogens is 384 g/mol. The highest BCUT2D eigenvalue weighted by atomic mass is 16.6. The van der Waals surface area contributed by atoms with Crippen LogP contribution in [0.25, 0.3) is 0 Å². The second-order valence-electron chi connectivity index (χ2n) is 6.25. The van der Waals surface area contributed by atoms with Gasteiger partial charge in [0.2, 0.25) is 0 Å². The molecule has 0 unspecified atom stereocenters. The summed E-state index contributed by atoms with van der Waals surface area (Å²) in [6.45, 7) is 3.36. The van der Waals surface area contributed by atoms with Crippen LogP contribution in [0, 0.1) is 12.3 Å². The summed E-state index contributed by atoms with van der Waals surface area (Å²) in [4.78, 5) is 26.0. The smallest absolute Gasteiger partial charge is 0.419 e. The predicted octanol–water partition coefficient (Wildman–Crippen LogP) is 4.69. The summed E-state index contributed by atoms with van der Waals surface area (Å²) in [5.74, 6) is 2.49. The highest BCUT2D eigenvalue weighted by Crippen LogP contribution is 2.20. The fourth-order valence-corrected chi connectivity index (χ4v) is 2.49. The van der Waals surface area contributed by atoms with Crippen molar-refractivity contribution in [2.24, 2.45) is 0 Å². The molecule has 7 heteroatoms. The molecule has 0 fully saturated rings. The van der Waals surface area contributed by atoms with E-state index in [0.717, 1.165) is 12.8 Å². The lowest BCUT2D eigenvalue weighted by Crippen LogP contribution is -2.36. The number of ether oxygens (including phenoxy) is 3. The van der Waals surface area contributed by atoms with Gasteiger partial charge in [-0.2, -0.15) is 0 Å². The minimum atomic E-state index is -0.688. The maximum atomic E-state index is 12.8. The molecule has 2 rings (SSSR count). The second-order valence-corrected chi connectivity index (χ2v) is 6.25. The van der Waals surface area contributed by atoms with Gasteiger partial charge in [0.25, 0.3) is 0 Å². The molecule has 0 aromatic heterocycles. The minimum Gasteiger partial charge on any atom is -0.436 e. The van der Waals surface area contributed by atoms with Gasteiger partial charge < -0.3 is 14.2 Å². The summed E-state index contributed by atoms with van der Waals surface area (Å²) in [5.41, 5.74) is 1.12. The molecule has 0 saturated heterocycles. The predicted molar refractivity (Wildman–Crippen MR) is 116 cm³/mol. The third-order valence-corrected chi connectivity index (χ3v) is 3.96. The molecule has 0 spiro atoms. The zero-order valence-electron chi connectivity index (χ0n) is 17.0. The summed E-state index contributed by atoms with van der Waals surface area (Å²) in [6, 6.07) is 15.7. The van der Waals surface area contributed by atoms with Gasteiger partial charge >= 0.3 is 12.2 Å². The van der Waals surface area contributed by atoms with E-state index in [1.807, 2.05) is 30.3 Å². The van der Waals surface area contributed by atoms with E-state index in [1.54, 1.807) is 18.2 Å². The molecule has 0 radical (unpaired) electrons. The van der Waals surface area contributed by atoms with E-state index >= 15 is 0 Å². The van der Waals surface area contributed by atoms with Gasteiger partial charge in [0.15, 0.2) is 6.61 Å². The Morgan fingerprint density at radius 2 is 1.90 bits per heavy atom. The lowest BCUT2D eigenvalue weighted by molar-refractivity contribution is 0.135. The van der Waals surface area contributed by atoms with Crippen molar-refractivity contribution in [3.05, 3.63) is 54.6 Å². The number of amides is 2. The van der Waals surface area contributed by atoms with E-state index in [2.05, 4.69) is 18.2 Å². The number of benzene rings is 2. The molecule has 0 heterocycles. The SMILES string of the molecule is C#CCOC(=O)Nc1cccc(OC(=O)N(CCOCCCC)c2ccccc2)c1. The molecule has 158 valence electrons. The van der Waals surface area contributed by atoms with Crippen LogP contribution >= 0.6 is 0 Å². The maximum absolute atomic E-state index is 12.8. The monoisotopic (exact) mass is 410 g/mol. The number of nitrogens with zero attached hydrogens (tertiary/aromatic N) is 1. The number of terminal acetylenes is 1. The van der Waals surface area contributed by atoms with Gasteiger partial charge in [0.1, 0.15) is 5.75 Å². The van der Waals surface area contributed by atoms with Crippen molar-refractivity contribution < 1.29 is 23.8 Å². The van der Waals surface area contributed by atoms with Crippen LogP contribution in [-0.4, -0.2) is 38.6 Å². The number of rotatable bonds is 10. The topological polar surface area (TPSA) is 77.1 Å². The van der Waals surface area contributed by atoms with E-state index in [9.17, 15) is 9.59 Å². The minimum absolute atomic E-state index is 0.132. The molecule has 2 aromatic carbocycles. The molecule has 0 aliphatic carbocycles. The third kappa shape index (κ3) is 7.86. The van der Waals surface area contributed by atoms with Crippen LogP contribution in [0.1, 0.15) is 19.8 Å². The standard InChI is InChI=1S/C23H26N2O5/c1-3-5-16-28-17-14-25(20-11-7-6-8-12-20)23(27)30-21-13-9-10-19(18-21)24-22(26)29-15-4-2/h2,6-13,18H,3,5,14-17H2,1H3,(H,24,26). The zero-order valence-corrected chi connectivity index (χ0v) is 17.0. The quantitative estimate of drug-likeness (QED) is 0.454.